The van der Waals surface area contributed by atoms with Gasteiger partial charge in [-0.25, -0.2) is 0 Å². The van der Waals surface area contributed by atoms with Crippen LogP contribution in [0.25, 0.3) is 0 Å². The van der Waals surface area contributed by atoms with Gasteiger partial charge in [0.05, 0.1) is 17.2 Å². The zero-order chi connectivity index (χ0) is 19.4. The summed E-state index contributed by atoms with van der Waals surface area (Å²) in [6.45, 7) is 3.35. The Morgan fingerprint density at radius 3 is 1.84 bits per heavy atom. The lowest BCUT2D eigenvalue weighted by atomic mass is 10.0. The lowest BCUT2D eigenvalue weighted by Crippen LogP contribution is -2.43. The Balaban J connectivity index is 2.99. The number of alkyl halides is 6. The standard InChI is InChI=1S/C16H20F6N2O/c1-9(2)4-13(23-3)14(25)24-8-10-5-11(15(17,18)19)7-12(6-10)16(20,21)22/h5-7,9,13,23H,4,8H2,1-3H3,(H,24,25)/t13-/m1/s1. The van der Waals surface area contributed by atoms with Crippen molar-refractivity contribution in [3.63, 3.8) is 0 Å². The van der Waals surface area contributed by atoms with Gasteiger partial charge in [0.1, 0.15) is 0 Å². The van der Waals surface area contributed by atoms with Crippen molar-refractivity contribution in [2.75, 3.05) is 7.05 Å². The fraction of sp³-hybridized carbons (Fsp3) is 0.562. The van der Waals surface area contributed by atoms with Gasteiger partial charge in [0, 0.05) is 6.54 Å². The molecule has 0 spiro atoms. The number of nitrogens with one attached hydrogen (secondary N) is 2. The summed E-state index contributed by atoms with van der Waals surface area (Å²) in [4.78, 5) is 12.0. The topological polar surface area (TPSA) is 41.1 Å². The minimum atomic E-state index is -4.91. The molecular formula is C16H20F6N2O. The number of benzene rings is 1. The first-order valence-electron chi connectivity index (χ1n) is 7.58. The quantitative estimate of drug-likeness (QED) is 0.744. The number of hydrogen-bond acceptors (Lipinski definition) is 2. The van der Waals surface area contributed by atoms with E-state index in [9.17, 15) is 31.1 Å². The van der Waals surface area contributed by atoms with Crippen molar-refractivity contribution in [1.82, 2.24) is 10.6 Å². The van der Waals surface area contributed by atoms with E-state index >= 15 is 0 Å². The highest BCUT2D eigenvalue weighted by Gasteiger charge is 2.36. The first-order valence-corrected chi connectivity index (χ1v) is 7.58. The molecule has 1 aromatic rings. The number of amides is 1. The van der Waals surface area contributed by atoms with Gasteiger partial charge >= 0.3 is 12.4 Å². The Morgan fingerprint density at radius 2 is 1.48 bits per heavy atom. The van der Waals surface area contributed by atoms with Gasteiger partial charge in [0.15, 0.2) is 0 Å². The van der Waals surface area contributed by atoms with E-state index in [1.165, 1.54) is 0 Å². The molecule has 0 radical (unpaired) electrons. The lowest BCUT2D eigenvalue weighted by molar-refractivity contribution is -0.143. The minimum Gasteiger partial charge on any atom is -0.351 e. The maximum Gasteiger partial charge on any atom is 0.416 e. The highest BCUT2D eigenvalue weighted by atomic mass is 19.4. The second-order valence-corrected chi connectivity index (χ2v) is 6.10. The summed E-state index contributed by atoms with van der Waals surface area (Å²) < 4.78 is 76.8. The highest BCUT2D eigenvalue weighted by Crippen LogP contribution is 2.36. The molecule has 0 aliphatic rings. The molecule has 0 saturated carbocycles. The predicted molar refractivity (Wildman–Crippen MR) is 80.6 cm³/mol. The third-order valence-electron chi connectivity index (χ3n) is 3.49. The van der Waals surface area contributed by atoms with Gasteiger partial charge < -0.3 is 10.6 Å². The Labute approximate surface area is 141 Å². The van der Waals surface area contributed by atoms with Gasteiger partial charge in [-0.05, 0) is 43.1 Å². The van der Waals surface area contributed by atoms with E-state index in [2.05, 4.69) is 10.6 Å². The second kappa shape index (κ2) is 8.07. The molecule has 0 bridgehead atoms. The van der Waals surface area contributed by atoms with E-state index in [1.807, 2.05) is 13.8 Å². The van der Waals surface area contributed by atoms with Crippen LogP contribution in [0.3, 0.4) is 0 Å². The first kappa shape index (κ1) is 21.3. The molecule has 25 heavy (non-hydrogen) atoms. The molecule has 3 nitrogen and oxygen atoms in total. The molecular weight excluding hydrogens is 350 g/mol. The highest BCUT2D eigenvalue weighted by molar-refractivity contribution is 5.81. The molecule has 0 aliphatic heterocycles. The molecule has 1 atom stereocenters. The molecule has 0 saturated heterocycles. The number of carbonyl (C=O) groups is 1. The summed E-state index contributed by atoms with van der Waals surface area (Å²) in [5.41, 5.74) is -3.08. The first-order chi connectivity index (χ1) is 11.3. The SMILES string of the molecule is CN[C@H](CC(C)C)C(=O)NCc1cc(C(F)(F)F)cc(C(F)(F)F)c1. The van der Waals surface area contributed by atoms with Gasteiger partial charge in [-0.2, -0.15) is 26.3 Å². The van der Waals surface area contributed by atoms with Crippen LogP contribution in [0.5, 0.6) is 0 Å². The van der Waals surface area contributed by atoms with Gasteiger partial charge in [0.25, 0.3) is 0 Å². The van der Waals surface area contributed by atoms with E-state index in [0.717, 1.165) is 0 Å². The Kier molecular flexibility index (Phi) is 6.87. The van der Waals surface area contributed by atoms with Crippen LogP contribution in [0.1, 0.15) is 37.0 Å². The van der Waals surface area contributed by atoms with Gasteiger partial charge in [-0.1, -0.05) is 13.8 Å². The van der Waals surface area contributed by atoms with Crippen LogP contribution in [0, 0.1) is 5.92 Å². The molecule has 0 fully saturated rings. The van der Waals surface area contributed by atoms with Crippen molar-refractivity contribution >= 4 is 5.91 Å². The summed E-state index contributed by atoms with van der Waals surface area (Å²) in [7, 11) is 1.55. The third-order valence-corrected chi connectivity index (χ3v) is 3.49. The molecule has 0 heterocycles. The molecule has 1 rings (SSSR count). The van der Waals surface area contributed by atoms with Crippen LogP contribution < -0.4 is 10.6 Å². The lowest BCUT2D eigenvalue weighted by Gasteiger charge is -2.19. The molecule has 1 aromatic carbocycles. The number of carbonyl (C=O) groups excluding carboxylic acids is 1. The van der Waals surface area contributed by atoms with Gasteiger partial charge in [-0.15, -0.1) is 0 Å². The molecule has 0 aliphatic carbocycles. The fourth-order valence-electron chi connectivity index (χ4n) is 2.26. The maximum atomic E-state index is 12.8. The van der Waals surface area contributed by atoms with Crippen LogP contribution in [0.15, 0.2) is 18.2 Å². The van der Waals surface area contributed by atoms with Crippen LogP contribution in [0.2, 0.25) is 0 Å². The summed E-state index contributed by atoms with van der Waals surface area (Å²) in [6, 6.07) is 0.687. The van der Waals surface area contributed by atoms with Crippen molar-refractivity contribution in [3.8, 4) is 0 Å². The second-order valence-electron chi connectivity index (χ2n) is 6.10. The van der Waals surface area contributed by atoms with Crippen molar-refractivity contribution in [3.05, 3.63) is 34.9 Å². The van der Waals surface area contributed by atoms with Crippen LogP contribution in [0.4, 0.5) is 26.3 Å². The largest absolute Gasteiger partial charge is 0.416 e. The van der Waals surface area contributed by atoms with Crippen molar-refractivity contribution in [2.24, 2.45) is 5.92 Å². The van der Waals surface area contributed by atoms with E-state index in [1.54, 1.807) is 7.05 Å². The number of hydrogen-bond donors (Lipinski definition) is 2. The molecule has 2 N–H and O–H groups in total. The van der Waals surface area contributed by atoms with Gasteiger partial charge in [-0.3, -0.25) is 4.79 Å². The average molecular weight is 370 g/mol. The summed E-state index contributed by atoms with van der Waals surface area (Å²) in [6.07, 6.45) is -9.34. The number of halogens is 6. The normalized spacial score (nSPS) is 13.8. The van der Waals surface area contributed by atoms with Crippen LogP contribution >= 0.6 is 0 Å². The average Bonchev–Trinajstić information content (AvgIpc) is 2.48. The van der Waals surface area contributed by atoms with Crippen LogP contribution in [-0.4, -0.2) is 19.0 Å². The maximum absolute atomic E-state index is 12.8. The molecule has 0 unspecified atom stereocenters. The number of rotatable bonds is 6. The molecule has 0 aromatic heterocycles. The fourth-order valence-corrected chi connectivity index (χ4v) is 2.26. The summed E-state index contributed by atoms with van der Waals surface area (Å²) in [5, 5.41) is 5.15. The molecule has 142 valence electrons. The smallest absolute Gasteiger partial charge is 0.351 e. The molecule has 1 amide bonds. The zero-order valence-corrected chi connectivity index (χ0v) is 14.0. The minimum absolute atomic E-state index is 0.0560. The number of likely N-dealkylation sites (N-methyl/N-ethyl adjacent to an activating group) is 1. The Bertz CT molecular complexity index is 563. The van der Waals surface area contributed by atoms with Crippen molar-refractivity contribution < 1.29 is 31.1 Å². The van der Waals surface area contributed by atoms with E-state index in [4.69, 9.17) is 0 Å². The van der Waals surface area contributed by atoms with Crippen LogP contribution in [-0.2, 0) is 23.7 Å². The van der Waals surface area contributed by atoms with E-state index in [-0.39, 0.29) is 17.5 Å². The summed E-state index contributed by atoms with van der Waals surface area (Å²) >= 11 is 0. The Hall–Kier alpha value is -1.77. The van der Waals surface area contributed by atoms with Crippen molar-refractivity contribution in [2.45, 2.75) is 45.2 Å². The van der Waals surface area contributed by atoms with E-state index in [0.29, 0.717) is 18.6 Å². The van der Waals surface area contributed by atoms with Gasteiger partial charge in [0.2, 0.25) is 5.91 Å². The monoisotopic (exact) mass is 370 g/mol. The van der Waals surface area contributed by atoms with E-state index < -0.39 is 42.0 Å². The zero-order valence-electron chi connectivity index (χ0n) is 14.0. The van der Waals surface area contributed by atoms with Crippen molar-refractivity contribution in [1.29, 1.82) is 0 Å². The Morgan fingerprint density at radius 1 is 1.00 bits per heavy atom. The third kappa shape index (κ3) is 6.56. The predicted octanol–water partition coefficient (Wildman–Crippen LogP) is 3.97. The molecule has 9 heteroatoms. The summed E-state index contributed by atoms with van der Waals surface area (Å²) in [5.74, 6) is -0.296.